The second-order valence-electron chi connectivity index (χ2n) is 7.91. The van der Waals surface area contributed by atoms with Crippen LogP contribution in [0.4, 0.5) is 5.69 Å². The molecule has 1 saturated heterocycles. The summed E-state index contributed by atoms with van der Waals surface area (Å²) in [7, 11) is 0. The number of phenols is 1. The average Bonchev–Trinajstić information content (AvgIpc) is 3.22. The summed E-state index contributed by atoms with van der Waals surface area (Å²) in [6.07, 6.45) is 2.11. The van der Waals surface area contributed by atoms with Crippen molar-refractivity contribution in [2.45, 2.75) is 25.9 Å². The van der Waals surface area contributed by atoms with E-state index in [2.05, 4.69) is 15.8 Å². The van der Waals surface area contributed by atoms with Crippen molar-refractivity contribution in [2.75, 3.05) is 18.4 Å². The quantitative estimate of drug-likeness (QED) is 0.513. The molecule has 1 aromatic heterocycles. The molecule has 0 unspecified atom stereocenters. The van der Waals surface area contributed by atoms with Crippen LogP contribution in [0.3, 0.4) is 0 Å². The number of hydrogen-bond acceptors (Lipinski definition) is 6. The molecule has 2 aromatic carbocycles. The van der Waals surface area contributed by atoms with E-state index in [9.17, 15) is 9.90 Å². The average molecular weight is 421 g/mol. The maximum atomic E-state index is 12.6. The molecule has 0 radical (unpaired) electrons. The number of hydrogen-bond donors (Lipinski definition) is 3. The van der Waals surface area contributed by atoms with E-state index in [1.54, 1.807) is 24.3 Å². The van der Waals surface area contributed by atoms with Crippen molar-refractivity contribution in [1.29, 1.82) is 0 Å². The zero-order chi connectivity index (χ0) is 21.5. The van der Waals surface area contributed by atoms with Gasteiger partial charge in [-0.2, -0.15) is 0 Å². The van der Waals surface area contributed by atoms with E-state index in [0.29, 0.717) is 24.5 Å². The molecule has 0 aliphatic carbocycles. The molecule has 0 spiro atoms. The summed E-state index contributed by atoms with van der Waals surface area (Å²) in [6, 6.07) is 18.1. The molecule has 4 rings (SSSR count). The molecule has 1 aliphatic rings. The van der Waals surface area contributed by atoms with Crippen molar-refractivity contribution in [3.63, 3.8) is 0 Å². The topological polar surface area (TPSA) is 96.6 Å². The molecule has 162 valence electrons. The summed E-state index contributed by atoms with van der Waals surface area (Å²) < 4.78 is 11.2. The lowest BCUT2D eigenvalue weighted by molar-refractivity contribution is -0.117. The van der Waals surface area contributed by atoms with Gasteiger partial charge in [-0.05, 0) is 62.0 Å². The number of carbonyl (C=O) groups is 1. The lowest BCUT2D eigenvalue weighted by Crippen LogP contribution is -2.39. The van der Waals surface area contributed by atoms with Crippen molar-refractivity contribution in [1.82, 2.24) is 10.5 Å². The van der Waals surface area contributed by atoms with Gasteiger partial charge in [-0.25, -0.2) is 0 Å². The molecule has 31 heavy (non-hydrogen) atoms. The Balaban J connectivity index is 1.31. The Labute approximate surface area is 181 Å². The molecule has 2 atom stereocenters. The summed E-state index contributed by atoms with van der Waals surface area (Å²) in [5, 5.41) is 20.1. The first-order valence-corrected chi connectivity index (χ1v) is 10.6. The fourth-order valence-corrected chi connectivity index (χ4v) is 3.98. The minimum absolute atomic E-state index is 0.0420. The van der Waals surface area contributed by atoms with Crippen LogP contribution in [-0.2, 0) is 17.8 Å². The predicted octanol–water partition coefficient (Wildman–Crippen LogP) is 3.76. The maximum absolute atomic E-state index is 12.6. The fourth-order valence-electron chi connectivity index (χ4n) is 3.98. The zero-order valence-electron chi connectivity index (χ0n) is 17.3. The number of aromatic hydroxyl groups is 1. The van der Waals surface area contributed by atoms with Gasteiger partial charge in [-0.15, -0.1) is 0 Å². The highest BCUT2D eigenvalue weighted by atomic mass is 16.5. The second kappa shape index (κ2) is 10.1. The van der Waals surface area contributed by atoms with Crippen LogP contribution in [0.5, 0.6) is 11.5 Å². The number of benzene rings is 2. The van der Waals surface area contributed by atoms with Gasteiger partial charge in [-0.1, -0.05) is 29.4 Å². The Morgan fingerprint density at radius 3 is 2.87 bits per heavy atom. The largest absolute Gasteiger partial charge is 0.508 e. The molecule has 0 bridgehead atoms. The standard InChI is InChI=1S/C24H27N3O4/c28-21-6-4-5-19(13-21)26-24(29)12-17-9-10-25-15-18(17)11-20-14-23(31-27-20)16-30-22-7-2-1-3-8-22/h1-8,13-14,17-18,25,28H,9-12,15-16H2,(H,26,29)/t17-,18+/m0/s1. The molecule has 7 nitrogen and oxygen atoms in total. The second-order valence-corrected chi connectivity index (χ2v) is 7.91. The maximum Gasteiger partial charge on any atom is 0.224 e. The highest BCUT2D eigenvalue weighted by Crippen LogP contribution is 2.27. The monoisotopic (exact) mass is 421 g/mol. The first kappa shape index (κ1) is 20.9. The van der Waals surface area contributed by atoms with Gasteiger partial charge in [0.25, 0.3) is 0 Å². The van der Waals surface area contributed by atoms with E-state index in [4.69, 9.17) is 9.26 Å². The number of para-hydroxylation sites is 1. The van der Waals surface area contributed by atoms with Crippen LogP contribution in [-0.4, -0.2) is 29.3 Å². The molecule has 0 saturated carbocycles. The molecule has 1 aliphatic heterocycles. The van der Waals surface area contributed by atoms with Crippen molar-refractivity contribution in [3.05, 3.63) is 72.1 Å². The number of amides is 1. The van der Waals surface area contributed by atoms with Crippen molar-refractivity contribution in [3.8, 4) is 11.5 Å². The van der Waals surface area contributed by atoms with Crippen LogP contribution in [0.15, 0.2) is 65.2 Å². The van der Waals surface area contributed by atoms with Crippen molar-refractivity contribution in [2.24, 2.45) is 11.8 Å². The fraction of sp³-hybridized carbons (Fsp3) is 0.333. The predicted molar refractivity (Wildman–Crippen MR) is 117 cm³/mol. The lowest BCUT2D eigenvalue weighted by Gasteiger charge is -2.31. The van der Waals surface area contributed by atoms with Gasteiger partial charge in [0, 0.05) is 24.2 Å². The number of phenolic OH excluding ortho intramolecular Hbond substituents is 1. The molecule has 1 amide bonds. The third-order valence-corrected chi connectivity index (χ3v) is 5.55. The molecular formula is C24H27N3O4. The molecule has 3 N–H and O–H groups in total. The number of nitrogens with one attached hydrogen (secondary N) is 2. The lowest BCUT2D eigenvalue weighted by atomic mass is 9.81. The first-order valence-electron chi connectivity index (χ1n) is 10.6. The Kier molecular flexibility index (Phi) is 6.84. The van der Waals surface area contributed by atoms with E-state index in [0.717, 1.165) is 37.4 Å². The van der Waals surface area contributed by atoms with Crippen molar-refractivity contribution < 1.29 is 19.2 Å². The van der Waals surface area contributed by atoms with Gasteiger partial charge in [0.1, 0.15) is 18.1 Å². The highest BCUT2D eigenvalue weighted by molar-refractivity contribution is 5.91. The van der Waals surface area contributed by atoms with Gasteiger partial charge in [-0.3, -0.25) is 4.79 Å². The van der Waals surface area contributed by atoms with Crippen LogP contribution in [0, 0.1) is 11.8 Å². The molecule has 3 aromatic rings. The van der Waals surface area contributed by atoms with Gasteiger partial charge in [0.2, 0.25) is 5.91 Å². The van der Waals surface area contributed by atoms with Gasteiger partial charge in [0.15, 0.2) is 5.76 Å². The van der Waals surface area contributed by atoms with E-state index < -0.39 is 0 Å². The molecule has 1 fully saturated rings. The third-order valence-electron chi connectivity index (χ3n) is 5.55. The summed E-state index contributed by atoms with van der Waals surface area (Å²) in [6.45, 7) is 2.07. The number of nitrogens with zero attached hydrogens (tertiary/aromatic N) is 1. The smallest absolute Gasteiger partial charge is 0.224 e. The van der Waals surface area contributed by atoms with Crippen LogP contribution in [0.2, 0.25) is 0 Å². The Bertz CT molecular complexity index is 989. The van der Waals surface area contributed by atoms with Gasteiger partial charge < -0.3 is 25.0 Å². The number of rotatable bonds is 8. The van der Waals surface area contributed by atoms with E-state index >= 15 is 0 Å². The van der Waals surface area contributed by atoms with E-state index in [1.807, 2.05) is 36.4 Å². The first-order chi connectivity index (χ1) is 15.2. The molecule has 7 heteroatoms. The summed E-state index contributed by atoms with van der Waals surface area (Å²) in [5.41, 5.74) is 1.48. The van der Waals surface area contributed by atoms with Crippen molar-refractivity contribution >= 4 is 11.6 Å². The number of aromatic nitrogens is 1. The van der Waals surface area contributed by atoms with Gasteiger partial charge in [0.05, 0.1) is 5.69 Å². The summed E-state index contributed by atoms with van der Waals surface area (Å²) in [5.74, 6) is 2.10. The van der Waals surface area contributed by atoms with Gasteiger partial charge >= 0.3 is 0 Å². The van der Waals surface area contributed by atoms with Crippen LogP contribution in [0.25, 0.3) is 0 Å². The minimum Gasteiger partial charge on any atom is -0.508 e. The summed E-state index contributed by atoms with van der Waals surface area (Å²) in [4.78, 5) is 12.6. The minimum atomic E-state index is -0.0420. The molecular weight excluding hydrogens is 394 g/mol. The molecule has 2 heterocycles. The Hall–Kier alpha value is -3.32. The zero-order valence-corrected chi connectivity index (χ0v) is 17.3. The number of anilines is 1. The van der Waals surface area contributed by atoms with E-state index in [-0.39, 0.29) is 23.5 Å². The van der Waals surface area contributed by atoms with Crippen LogP contribution >= 0.6 is 0 Å². The number of ether oxygens (including phenoxy) is 1. The van der Waals surface area contributed by atoms with E-state index in [1.165, 1.54) is 0 Å². The number of piperidine rings is 1. The Morgan fingerprint density at radius 1 is 1.16 bits per heavy atom. The van der Waals surface area contributed by atoms with Crippen LogP contribution < -0.4 is 15.4 Å². The Morgan fingerprint density at radius 2 is 2.03 bits per heavy atom. The number of carbonyl (C=O) groups excluding carboxylic acids is 1. The third kappa shape index (κ3) is 6.08. The summed E-state index contributed by atoms with van der Waals surface area (Å²) >= 11 is 0. The van der Waals surface area contributed by atoms with Crippen LogP contribution in [0.1, 0.15) is 24.3 Å². The highest BCUT2D eigenvalue weighted by Gasteiger charge is 2.28. The SMILES string of the molecule is O=C(C[C@@H]1CCNC[C@H]1Cc1cc(COc2ccccc2)on1)Nc1cccc(O)c1. The normalized spacial score (nSPS) is 18.5.